The normalized spacial score (nSPS) is 12.6. The van der Waals surface area contributed by atoms with Gasteiger partial charge in [0, 0.05) is 47.7 Å². The largest absolute Gasteiger partial charge is 0.390 e. The van der Waals surface area contributed by atoms with Crippen LogP contribution in [0.1, 0.15) is 73.4 Å². The number of benzene rings is 2. The third kappa shape index (κ3) is 8.79. The number of carbonyl (C=O) groups is 2. The molecule has 0 unspecified atom stereocenters. The van der Waals surface area contributed by atoms with E-state index in [9.17, 15) is 14.7 Å². The van der Waals surface area contributed by atoms with E-state index in [4.69, 9.17) is 0 Å². The topological polar surface area (TPSA) is 116 Å². The van der Waals surface area contributed by atoms with Crippen molar-refractivity contribution in [3.05, 3.63) is 116 Å². The number of nitrogens with zero attached hydrogens (tertiary/aromatic N) is 2. The van der Waals surface area contributed by atoms with Gasteiger partial charge in [0.2, 0.25) is 0 Å². The second kappa shape index (κ2) is 14.8. The molecule has 9 heteroatoms. The highest BCUT2D eigenvalue weighted by Gasteiger charge is 2.23. The van der Waals surface area contributed by atoms with Gasteiger partial charge in [-0.25, -0.2) is 4.98 Å². The molecule has 0 radical (unpaired) electrons. The fourth-order valence-corrected chi connectivity index (χ4v) is 5.28. The maximum Gasteiger partial charge on any atom is 0.251 e. The van der Waals surface area contributed by atoms with Crippen molar-refractivity contribution in [1.82, 2.24) is 25.9 Å². The second-order valence-electron chi connectivity index (χ2n) is 10.8. The molecule has 220 valence electrons. The first kappa shape index (κ1) is 31.0. The van der Waals surface area contributed by atoms with E-state index in [1.165, 1.54) is 11.3 Å². The van der Waals surface area contributed by atoms with E-state index in [-0.39, 0.29) is 18.4 Å². The van der Waals surface area contributed by atoms with E-state index in [1.54, 1.807) is 18.2 Å². The van der Waals surface area contributed by atoms with Gasteiger partial charge in [-0.05, 0) is 60.6 Å². The summed E-state index contributed by atoms with van der Waals surface area (Å²) in [6.45, 7) is 9.15. The number of thiazole rings is 1. The predicted molar refractivity (Wildman–Crippen MR) is 167 cm³/mol. The van der Waals surface area contributed by atoms with Crippen molar-refractivity contribution in [3.8, 4) is 0 Å². The van der Waals surface area contributed by atoms with E-state index in [0.717, 1.165) is 33.0 Å². The number of hydrogen-bond donors (Lipinski definition) is 4. The van der Waals surface area contributed by atoms with Crippen LogP contribution in [-0.4, -0.2) is 45.6 Å². The van der Waals surface area contributed by atoms with Gasteiger partial charge in [-0.1, -0.05) is 56.3 Å². The fourth-order valence-electron chi connectivity index (χ4n) is 4.57. The summed E-state index contributed by atoms with van der Waals surface area (Å²) in [6, 6.07) is 16.4. The van der Waals surface area contributed by atoms with Crippen molar-refractivity contribution in [2.45, 2.75) is 65.3 Å². The van der Waals surface area contributed by atoms with Gasteiger partial charge in [0.05, 0.1) is 18.7 Å². The molecule has 0 aliphatic rings. The molecule has 0 aliphatic heterocycles. The number of amides is 2. The average Bonchev–Trinajstić information content (AvgIpc) is 3.41. The Balaban J connectivity index is 1.43. The Morgan fingerprint density at radius 3 is 2.45 bits per heavy atom. The molecule has 0 spiro atoms. The molecule has 0 saturated carbocycles. The minimum Gasteiger partial charge on any atom is -0.390 e. The summed E-state index contributed by atoms with van der Waals surface area (Å²) in [5.74, 6) is -0.242. The lowest BCUT2D eigenvalue weighted by Crippen LogP contribution is -2.48. The van der Waals surface area contributed by atoms with Crippen LogP contribution < -0.4 is 16.0 Å². The molecule has 0 bridgehead atoms. The van der Waals surface area contributed by atoms with Crippen molar-refractivity contribution in [3.63, 3.8) is 0 Å². The number of aryl methyl sites for hydroxylation is 2. The third-order valence-electron chi connectivity index (χ3n) is 7.06. The maximum absolute atomic E-state index is 13.4. The van der Waals surface area contributed by atoms with Crippen molar-refractivity contribution in [1.29, 1.82) is 0 Å². The molecule has 42 heavy (non-hydrogen) atoms. The van der Waals surface area contributed by atoms with E-state index in [0.29, 0.717) is 36.6 Å². The van der Waals surface area contributed by atoms with Crippen LogP contribution >= 0.6 is 11.3 Å². The molecule has 4 N–H and O–H groups in total. The van der Waals surface area contributed by atoms with Crippen molar-refractivity contribution < 1.29 is 14.7 Å². The molecule has 2 amide bonds. The highest BCUT2D eigenvalue weighted by Crippen LogP contribution is 2.16. The highest BCUT2D eigenvalue weighted by atomic mass is 32.1. The molecule has 2 aromatic carbocycles. The second-order valence-corrected chi connectivity index (χ2v) is 11.8. The van der Waals surface area contributed by atoms with Crippen molar-refractivity contribution in [2.75, 3.05) is 6.54 Å². The molecule has 2 atom stereocenters. The van der Waals surface area contributed by atoms with Crippen LogP contribution in [0.5, 0.6) is 0 Å². The van der Waals surface area contributed by atoms with Gasteiger partial charge in [-0.3, -0.25) is 14.6 Å². The first-order valence-electron chi connectivity index (χ1n) is 14.2. The summed E-state index contributed by atoms with van der Waals surface area (Å²) in [5, 5.41) is 23.2. The molecule has 2 heterocycles. The zero-order valence-corrected chi connectivity index (χ0v) is 25.4. The fraction of sp³-hybridized carbons (Fsp3) is 0.333. The van der Waals surface area contributed by atoms with Gasteiger partial charge < -0.3 is 21.1 Å². The predicted octanol–water partition coefficient (Wildman–Crippen LogP) is 4.70. The standard InChI is InChI=1S/C33H39N5O3S/c1-21(2)27-12-25(15-34-17-27)16-35-18-30(39)29(13-24-8-6-5-7-9-24)38-32(40)26-11-10-22(3)28(14-26)33(41)36-19-31-37-23(4)20-42-31/h5-12,14-15,17,20-21,29-30,35,39H,13,16,18-19H2,1-4H3,(H,36,41)(H,38,40)/t29-,30+/m0/s1. The summed E-state index contributed by atoms with van der Waals surface area (Å²) in [7, 11) is 0. The third-order valence-corrected chi connectivity index (χ3v) is 8.02. The van der Waals surface area contributed by atoms with Gasteiger partial charge >= 0.3 is 0 Å². The van der Waals surface area contributed by atoms with Crippen LogP contribution in [0.15, 0.2) is 72.4 Å². The summed E-state index contributed by atoms with van der Waals surface area (Å²) in [5.41, 5.74) is 5.65. The van der Waals surface area contributed by atoms with E-state index < -0.39 is 12.1 Å². The molecule has 8 nitrogen and oxygen atoms in total. The number of hydrogen-bond acceptors (Lipinski definition) is 7. The van der Waals surface area contributed by atoms with Gasteiger partial charge in [0.1, 0.15) is 5.01 Å². The van der Waals surface area contributed by atoms with Gasteiger partial charge in [-0.2, -0.15) is 0 Å². The quantitative estimate of drug-likeness (QED) is 0.181. The van der Waals surface area contributed by atoms with Gasteiger partial charge in [0.15, 0.2) is 0 Å². The summed E-state index contributed by atoms with van der Waals surface area (Å²) < 4.78 is 0. The SMILES string of the molecule is Cc1csc(CNC(=O)c2cc(C(=O)N[C@@H](Cc3ccccc3)[C@H](O)CNCc3cncc(C(C)C)c3)ccc2C)n1. The monoisotopic (exact) mass is 585 g/mol. The molecule has 4 aromatic rings. The van der Waals surface area contributed by atoms with E-state index in [2.05, 4.69) is 45.8 Å². The lowest BCUT2D eigenvalue weighted by Gasteiger charge is -2.25. The number of aromatic nitrogens is 2. The lowest BCUT2D eigenvalue weighted by atomic mass is 9.99. The number of aliphatic hydroxyl groups is 1. The Morgan fingerprint density at radius 2 is 1.74 bits per heavy atom. The Bertz CT molecular complexity index is 1490. The zero-order valence-electron chi connectivity index (χ0n) is 24.6. The van der Waals surface area contributed by atoms with Crippen LogP contribution in [0, 0.1) is 13.8 Å². The van der Waals surface area contributed by atoms with E-state index >= 15 is 0 Å². The van der Waals surface area contributed by atoms with Crippen LogP contribution in [-0.2, 0) is 19.5 Å². The number of rotatable bonds is 13. The average molecular weight is 586 g/mol. The number of carbonyl (C=O) groups excluding carboxylic acids is 2. The summed E-state index contributed by atoms with van der Waals surface area (Å²) >= 11 is 1.49. The number of nitrogens with one attached hydrogen (secondary N) is 3. The number of pyridine rings is 1. The van der Waals surface area contributed by atoms with Crippen LogP contribution in [0.25, 0.3) is 0 Å². The Labute approximate surface area is 251 Å². The summed E-state index contributed by atoms with van der Waals surface area (Å²) in [4.78, 5) is 35.1. The van der Waals surface area contributed by atoms with Crippen LogP contribution in [0.3, 0.4) is 0 Å². The van der Waals surface area contributed by atoms with E-state index in [1.807, 2.05) is 62.0 Å². The Hall–Kier alpha value is -3.92. The molecular formula is C33H39N5O3S. The Morgan fingerprint density at radius 1 is 0.952 bits per heavy atom. The van der Waals surface area contributed by atoms with Gasteiger partial charge in [0.25, 0.3) is 11.8 Å². The first-order valence-corrected chi connectivity index (χ1v) is 15.0. The van der Waals surface area contributed by atoms with Gasteiger partial charge in [-0.15, -0.1) is 11.3 Å². The summed E-state index contributed by atoms with van der Waals surface area (Å²) in [6.07, 6.45) is 3.28. The Kier molecular flexibility index (Phi) is 10.9. The lowest BCUT2D eigenvalue weighted by molar-refractivity contribution is 0.0830. The molecule has 0 saturated heterocycles. The highest BCUT2D eigenvalue weighted by molar-refractivity contribution is 7.09. The molecule has 0 aliphatic carbocycles. The minimum atomic E-state index is -0.856. The zero-order chi connectivity index (χ0) is 30.1. The minimum absolute atomic E-state index is 0.268. The first-order chi connectivity index (χ1) is 20.2. The smallest absolute Gasteiger partial charge is 0.251 e. The maximum atomic E-state index is 13.4. The van der Waals surface area contributed by atoms with Crippen molar-refractivity contribution in [2.24, 2.45) is 0 Å². The number of aliphatic hydroxyl groups excluding tert-OH is 1. The molecule has 2 aromatic heterocycles. The van der Waals surface area contributed by atoms with Crippen LogP contribution in [0.2, 0.25) is 0 Å². The van der Waals surface area contributed by atoms with Crippen LogP contribution in [0.4, 0.5) is 0 Å². The van der Waals surface area contributed by atoms with Crippen molar-refractivity contribution >= 4 is 23.2 Å². The molecule has 0 fully saturated rings. The molecule has 4 rings (SSSR count). The molecular weight excluding hydrogens is 546 g/mol.